The third-order valence-electron chi connectivity index (χ3n) is 1.49. The van der Waals surface area contributed by atoms with Gasteiger partial charge in [-0.1, -0.05) is 0 Å². The van der Waals surface area contributed by atoms with Gasteiger partial charge in [0.25, 0.3) is 0 Å². The van der Waals surface area contributed by atoms with E-state index in [1.807, 2.05) is 12.3 Å². The summed E-state index contributed by atoms with van der Waals surface area (Å²) in [7, 11) is 0. The van der Waals surface area contributed by atoms with Crippen molar-refractivity contribution in [1.29, 1.82) is 0 Å². The molecule has 66 valence electrons. The van der Waals surface area contributed by atoms with Crippen LogP contribution < -0.4 is 0 Å². The number of hydrogen-bond acceptors (Lipinski definition) is 3. The summed E-state index contributed by atoms with van der Waals surface area (Å²) in [4.78, 5) is 14.4. The molecule has 1 aromatic heterocycles. The van der Waals surface area contributed by atoms with Gasteiger partial charge in [0.1, 0.15) is 0 Å². The molecule has 0 radical (unpaired) electrons. The molecule has 0 atom stereocenters. The molecule has 0 aliphatic heterocycles. The zero-order chi connectivity index (χ0) is 8.97. The first-order valence-corrected chi connectivity index (χ1v) is 4.69. The van der Waals surface area contributed by atoms with Crippen molar-refractivity contribution in [2.45, 2.75) is 26.2 Å². The molecule has 0 amide bonds. The first-order chi connectivity index (χ1) is 5.68. The smallest absolute Gasteiger partial charge is 0.303 e. The Bertz CT molecular complexity index is 270. The van der Waals surface area contributed by atoms with Gasteiger partial charge in [-0.25, -0.2) is 4.98 Å². The molecule has 1 N–H and O–H groups in total. The number of hydrogen-bond donors (Lipinski definition) is 1. The van der Waals surface area contributed by atoms with E-state index < -0.39 is 5.97 Å². The molecule has 0 aliphatic carbocycles. The van der Waals surface area contributed by atoms with Crippen molar-refractivity contribution in [2.24, 2.45) is 0 Å². The molecule has 0 saturated carbocycles. The van der Waals surface area contributed by atoms with Crippen molar-refractivity contribution in [3.05, 3.63) is 16.1 Å². The molecule has 0 unspecified atom stereocenters. The SMILES string of the molecule is Cc1nc(CCCC(=O)O)cs1. The predicted octanol–water partition coefficient (Wildman–Crippen LogP) is 1.86. The van der Waals surface area contributed by atoms with Gasteiger partial charge in [-0.05, 0) is 19.8 Å². The van der Waals surface area contributed by atoms with Gasteiger partial charge < -0.3 is 5.11 Å². The normalized spacial score (nSPS) is 10.1. The number of rotatable bonds is 4. The molecule has 12 heavy (non-hydrogen) atoms. The predicted molar refractivity (Wildman–Crippen MR) is 47.4 cm³/mol. The van der Waals surface area contributed by atoms with E-state index in [0.29, 0.717) is 6.42 Å². The summed E-state index contributed by atoms with van der Waals surface area (Å²) in [5.41, 5.74) is 1.01. The highest BCUT2D eigenvalue weighted by Crippen LogP contribution is 2.10. The van der Waals surface area contributed by atoms with Gasteiger partial charge >= 0.3 is 5.97 Å². The van der Waals surface area contributed by atoms with E-state index in [9.17, 15) is 4.79 Å². The van der Waals surface area contributed by atoms with Crippen LogP contribution in [0.5, 0.6) is 0 Å². The van der Waals surface area contributed by atoms with E-state index in [1.165, 1.54) is 0 Å². The number of nitrogens with zero attached hydrogens (tertiary/aromatic N) is 1. The van der Waals surface area contributed by atoms with Crippen LogP contribution in [0, 0.1) is 6.92 Å². The second-order valence-electron chi connectivity index (χ2n) is 2.61. The van der Waals surface area contributed by atoms with Crippen LogP contribution in [0.1, 0.15) is 23.5 Å². The Morgan fingerprint density at radius 1 is 1.75 bits per heavy atom. The molecule has 0 fully saturated rings. The number of carboxylic acids is 1. The maximum atomic E-state index is 10.2. The van der Waals surface area contributed by atoms with Crippen LogP contribution in [0.15, 0.2) is 5.38 Å². The van der Waals surface area contributed by atoms with Crippen molar-refractivity contribution < 1.29 is 9.90 Å². The Labute approximate surface area is 75.1 Å². The van der Waals surface area contributed by atoms with Crippen molar-refractivity contribution in [2.75, 3.05) is 0 Å². The van der Waals surface area contributed by atoms with Crippen LogP contribution in [0.2, 0.25) is 0 Å². The molecule has 0 aromatic carbocycles. The highest BCUT2D eigenvalue weighted by molar-refractivity contribution is 7.09. The molecule has 1 aromatic rings. The third kappa shape index (κ3) is 3.00. The van der Waals surface area contributed by atoms with Crippen LogP contribution in [-0.4, -0.2) is 16.1 Å². The number of aliphatic carboxylic acids is 1. The summed E-state index contributed by atoms with van der Waals surface area (Å²) >= 11 is 1.60. The topological polar surface area (TPSA) is 50.2 Å². The standard InChI is InChI=1S/C8H11NO2S/c1-6-9-7(5-12-6)3-2-4-8(10)11/h5H,2-4H2,1H3,(H,10,11). The first kappa shape index (κ1) is 9.19. The molecule has 3 nitrogen and oxygen atoms in total. The van der Waals surface area contributed by atoms with Gasteiger partial charge in [0.05, 0.1) is 10.7 Å². The minimum absolute atomic E-state index is 0.233. The summed E-state index contributed by atoms with van der Waals surface area (Å²) in [6, 6.07) is 0. The zero-order valence-electron chi connectivity index (χ0n) is 6.91. The maximum Gasteiger partial charge on any atom is 0.303 e. The molecule has 4 heteroatoms. The third-order valence-corrected chi connectivity index (χ3v) is 2.31. The van der Waals surface area contributed by atoms with Crippen LogP contribution in [-0.2, 0) is 11.2 Å². The minimum atomic E-state index is -0.734. The quantitative estimate of drug-likeness (QED) is 0.778. The van der Waals surface area contributed by atoms with E-state index in [1.54, 1.807) is 11.3 Å². The van der Waals surface area contributed by atoms with Gasteiger partial charge in [0, 0.05) is 11.8 Å². The molecule has 0 saturated heterocycles. The lowest BCUT2D eigenvalue weighted by atomic mass is 10.2. The minimum Gasteiger partial charge on any atom is -0.481 e. The second-order valence-corrected chi connectivity index (χ2v) is 3.67. The van der Waals surface area contributed by atoms with Crippen LogP contribution in [0.25, 0.3) is 0 Å². The number of thiazole rings is 1. The fourth-order valence-corrected chi connectivity index (χ4v) is 1.59. The molecular formula is C8H11NO2S. The second kappa shape index (κ2) is 4.21. The first-order valence-electron chi connectivity index (χ1n) is 3.81. The van der Waals surface area contributed by atoms with E-state index in [2.05, 4.69) is 4.98 Å². The lowest BCUT2D eigenvalue weighted by molar-refractivity contribution is -0.137. The van der Waals surface area contributed by atoms with E-state index in [4.69, 9.17) is 5.11 Å². The summed E-state index contributed by atoms with van der Waals surface area (Å²) in [6.07, 6.45) is 1.69. The van der Waals surface area contributed by atoms with Gasteiger partial charge in [0.15, 0.2) is 0 Å². The molecule has 0 bridgehead atoms. The Balaban J connectivity index is 2.29. The number of aromatic nitrogens is 1. The molecular weight excluding hydrogens is 174 g/mol. The Kier molecular flexibility index (Phi) is 3.22. The largest absolute Gasteiger partial charge is 0.481 e. The van der Waals surface area contributed by atoms with Crippen LogP contribution in [0.3, 0.4) is 0 Å². The van der Waals surface area contributed by atoms with Crippen LogP contribution in [0.4, 0.5) is 0 Å². The maximum absolute atomic E-state index is 10.2. The summed E-state index contributed by atoms with van der Waals surface area (Å²) in [5, 5.41) is 11.4. The summed E-state index contributed by atoms with van der Waals surface area (Å²) in [6.45, 7) is 1.95. The van der Waals surface area contributed by atoms with Crippen LogP contribution >= 0.6 is 11.3 Å². The lowest BCUT2D eigenvalue weighted by Crippen LogP contribution is -1.95. The Hall–Kier alpha value is -0.900. The molecule has 0 spiro atoms. The summed E-state index contributed by atoms with van der Waals surface area (Å²) < 4.78 is 0. The van der Waals surface area contributed by atoms with E-state index >= 15 is 0 Å². The van der Waals surface area contributed by atoms with Crippen molar-refractivity contribution in [1.82, 2.24) is 4.98 Å². The molecule has 1 rings (SSSR count). The fraction of sp³-hybridized carbons (Fsp3) is 0.500. The Morgan fingerprint density at radius 2 is 2.50 bits per heavy atom. The van der Waals surface area contributed by atoms with Gasteiger partial charge in [-0.3, -0.25) is 4.79 Å². The highest BCUT2D eigenvalue weighted by Gasteiger charge is 2.00. The van der Waals surface area contributed by atoms with Crippen molar-refractivity contribution in [3.8, 4) is 0 Å². The monoisotopic (exact) mass is 185 g/mol. The van der Waals surface area contributed by atoms with E-state index in [0.717, 1.165) is 17.1 Å². The van der Waals surface area contributed by atoms with Crippen molar-refractivity contribution in [3.63, 3.8) is 0 Å². The lowest BCUT2D eigenvalue weighted by Gasteiger charge is -1.92. The van der Waals surface area contributed by atoms with Gasteiger partial charge in [-0.15, -0.1) is 11.3 Å². The molecule has 1 heterocycles. The van der Waals surface area contributed by atoms with E-state index in [-0.39, 0.29) is 6.42 Å². The molecule has 0 aliphatic rings. The number of carbonyl (C=O) groups is 1. The zero-order valence-corrected chi connectivity index (χ0v) is 7.73. The average molecular weight is 185 g/mol. The fourth-order valence-electron chi connectivity index (χ4n) is 0.944. The Morgan fingerprint density at radius 3 is 3.00 bits per heavy atom. The van der Waals surface area contributed by atoms with Crippen molar-refractivity contribution >= 4 is 17.3 Å². The van der Waals surface area contributed by atoms with Gasteiger partial charge in [-0.2, -0.15) is 0 Å². The number of aryl methyl sites for hydroxylation is 2. The van der Waals surface area contributed by atoms with Gasteiger partial charge in [0.2, 0.25) is 0 Å². The highest BCUT2D eigenvalue weighted by atomic mass is 32.1. The summed E-state index contributed by atoms with van der Waals surface area (Å²) in [5.74, 6) is -0.734. The average Bonchev–Trinajstić information content (AvgIpc) is 2.35. The number of carboxylic acid groups (broad SMARTS) is 1.